The number of rotatable bonds is 10. The van der Waals surface area contributed by atoms with Gasteiger partial charge in [-0.1, -0.05) is 36.8 Å². The van der Waals surface area contributed by atoms with Crippen LogP contribution in [0.2, 0.25) is 0 Å². The zero-order chi connectivity index (χ0) is 24.3. The summed E-state index contributed by atoms with van der Waals surface area (Å²) in [5.74, 6) is 1.77. The van der Waals surface area contributed by atoms with Crippen LogP contribution in [0.4, 0.5) is 0 Å². The number of ether oxygens (including phenoxy) is 2. The zero-order valence-electron chi connectivity index (χ0n) is 20.9. The van der Waals surface area contributed by atoms with Crippen molar-refractivity contribution in [3.8, 4) is 5.75 Å². The van der Waals surface area contributed by atoms with Crippen LogP contribution in [0.15, 0.2) is 36.4 Å². The van der Waals surface area contributed by atoms with Gasteiger partial charge in [-0.3, -0.25) is 9.59 Å². The average molecular weight is 479 g/mol. The number of carbonyl (C=O) groups is 2. The summed E-state index contributed by atoms with van der Waals surface area (Å²) in [5.41, 5.74) is 0.789. The van der Waals surface area contributed by atoms with Crippen LogP contribution in [0.25, 0.3) is 10.8 Å². The van der Waals surface area contributed by atoms with Gasteiger partial charge in [-0.25, -0.2) is 0 Å². The molecule has 2 saturated heterocycles. The molecule has 2 aromatic carbocycles. The second kappa shape index (κ2) is 10.6. The van der Waals surface area contributed by atoms with Gasteiger partial charge in [0, 0.05) is 43.5 Å². The molecule has 6 nitrogen and oxygen atoms in total. The Hall–Kier alpha value is -2.60. The number of amides is 2. The fraction of sp³-hybridized carbons (Fsp3) is 0.586. The molecule has 0 unspecified atom stereocenters. The van der Waals surface area contributed by atoms with Crippen molar-refractivity contribution in [3.63, 3.8) is 0 Å². The van der Waals surface area contributed by atoms with Crippen LogP contribution in [0.5, 0.6) is 5.75 Å². The zero-order valence-corrected chi connectivity index (χ0v) is 20.9. The van der Waals surface area contributed by atoms with Gasteiger partial charge in [0.1, 0.15) is 5.75 Å². The lowest BCUT2D eigenvalue weighted by Gasteiger charge is -2.35. The van der Waals surface area contributed by atoms with Gasteiger partial charge in [-0.05, 0) is 67.9 Å². The Morgan fingerprint density at radius 2 is 1.94 bits per heavy atom. The largest absolute Gasteiger partial charge is 0.496 e. The van der Waals surface area contributed by atoms with Crippen LogP contribution < -0.4 is 10.1 Å². The number of carbonyl (C=O) groups excluding carboxylic acids is 2. The molecule has 2 atom stereocenters. The molecule has 0 spiro atoms. The molecule has 3 fully saturated rings. The Morgan fingerprint density at radius 3 is 2.60 bits per heavy atom. The van der Waals surface area contributed by atoms with Gasteiger partial charge in [0.05, 0.1) is 13.2 Å². The fourth-order valence-electron chi connectivity index (χ4n) is 6.02. The third-order valence-electron chi connectivity index (χ3n) is 8.28. The highest BCUT2D eigenvalue weighted by Crippen LogP contribution is 2.35. The Morgan fingerprint density at radius 1 is 1.11 bits per heavy atom. The number of nitrogens with zero attached hydrogens (tertiary/aromatic N) is 1. The van der Waals surface area contributed by atoms with Crippen LogP contribution in [-0.2, 0) is 20.7 Å². The molecule has 1 saturated carbocycles. The minimum absolute atomic E-state index is 0.0842. The average Bonchev–Trinajstić information content (AvgIpc) is 3.49. The van der Waals surface area contributed by atoms with Crippen LogP contribution in [-0.4, -0.2) is 55.2 Å². The van der Waals surface area contributed by atoms with E-state index in [4.69, 9.17) is 9.47 Å². The van der Waals surface area contributed by atoms with Gasteiger partial charge in [0.2, 0.25) is 11.8 Å². The molecule has 0 bridgehead atoms. The highest BCUT2D eigenvalue weighted by molar-refractivity contribution is 5.91. The van der Waals surface area contributed by atoms with Gasteiger partial charge in [-0.2, -0.15) is 0 Å². The topological polar surface area (TPSA) is 67.9 Å². The lowest BCUT2D eigenvalue weighted by atomic mass is 9.83. The van der Waals surface area contributed by atoms with Crippen molar-refractivity contribution in [2.45, 2.75) is 75.9 Å². The Balaban J connectivity index is 1.32. The van der Waals surface area contributed by atoms with Gasteiger partial charge in [0.15, 0.2) is 0 Å². The molecule has 2 aliphatic heterocycles. The molecule has 5 rings (SSSR count). The second-order valence-electron chi connectivity index (χ2n) is 10.7. The van der Waals surface area contributed by atoms with Crippen LogP contribution in [0.3, 0.4) is 0 Å². The Labute approximate surface area is 208 Å². The van der Waals surface area contributed by atoms with Crippen molar-refractivity contribution >= 4 is 22.6 Å². The first-order valence-corrected chi connectivity index (χ1v) is 13.3. The smallest absolute Gasteiger partial charge is 0.222 e. The van der Waals surface area contributed by atoms with Crippen molar-refractivity contribution in [2.24, 2.45) is 5.92 Å². The van der Waals surface area contributed by atoms with E-state index in [2.05, 4.69) is 28.4 Å². The fourth-order valence-corrected chi connectivity index (χ4v) is 6.02. The molecule has 1 N–H and O–H groups in total. The van der Waals surface area contributed by atoms with E-state index in [1.165, 1.54) is 24.8 Å². The third kappa shape index (κ3) is 5.48. The van der Waals surface area contributed by atoms with Gasteiger partial charge >= 0.3 is 0 Å². The number of hydrogen-bond acceptors (Lipinski definition) is 4. The molecule has 0 radical (unpaired) electrons. The van der Waals surface area contributed by atoms with E-state index in [1.54, 1.807) is 7.11 Å². The van der Waals surface area contributed by atoms with E-state index in [9.17, 15) is 9.59 Å². The second-order valence-corrected chi connectivity index (χ2v) is 10.7. The first-order chi connectivity index (χ1) is 17.0. The first kappa shape index (κ1) is 24.1. The normalized spacial score (nSPS) is 24.4. The molecule has 1 aliphatic carbocycles. The van der Waals surface area contributed by atoms with Crippen molar-refractivity contribution in [1.82, 2.24) is 10.2 Å². The molecule has 6 heteroatoms. The van der Waals surface area contributed by atoms with E-state index < -0.39 is 5.54 Å². The first-order valence-electron chi connectivity index (χ1n) is 13.3. The van der Waals surface area contributed by atoms with Crippen molar-refractivity contribution in [2.75, 3.05) is 26.8 Å². The summed E-state index contributed by atoms with van der Waals surface area (Å²) >= 11 is 0. The SMILES string of the molecule is COc1ccc(C[C@]2(CCC(=O)N(CC3CCC3)C[C@H]3CCCO3)CCC(=O)N2)c2ccccc12. The predicted molar refractivity (Wildman–Crippen MR) is 136 cm³/mol. The van der Waals surface area contributed by atoms with E-state index >= 15 is 0 Å². The van der Waals surface area contributed by atoms with Crippen LogP contribution in [0.1, 0.15) is 63.4 Å². The van der Waals surface area contributed by atoms with Crippen LogP contribution in [0, 0.1) is 5.92 Å². The maximum atomic E-state index is 13.5. The highest BCUT2D eigenvalue weighted by Gasteiger charge is 2.39. The van der Waals surface area contributed by atoms with Gasteiger partial charge in [0.25, 0.3) is 0 Å². The number of methoxy groups -OCH3 is 1. The summed E-state index contributed by atoms with van der Waals surface area (Å²) in [7, 11) is 1.69. The summed E-state index contributed by atoms with van der Waals surface area (Å²) in [6, 6.07) is 12.4. The number of fused-ring (bicyclic) bond motifs is 1. The Bertz CT molecular complexity index is 1060. The molecule has 0 aromatic heterocycles. The minimum atomic E-state index is -0.393. The number of benzene rings is 2. The van der Waals surface area contributed by atoms with E-state index in [-0.39, 0.29) is 17.9 Å². The van der Waals surface area contributed by atoms with Crippen LogP contribution >= 0.6 is 0 Å². The van der Waals surface area contributed by atoms with Gasteiger partial charge < -0.3 is 19.7 Å². The van der Waals surface area contributed by atoms with Crippen molar-refractivity contribution < 1.29 is 19.1 Å². The number of nitrogens with one attached hydrogen (secondary N) is 1. The monoisotopic (exact) mass is 478 g/mol. The standard InChI is InChI=1S/C29H38N2O4/c1-34-26-12-11-22(24-9-2-3-10-25(24)26)18-29(15-13-27(32)30-29)16-14-28(33)31(19-21-6-4-7-21)20-23-8-5-17-35-23/h2-3,9-12,21,23H,4-8,13-20H2,1H3,(H,30,32)/t23-,29-/m1/s1. The molecular weight excluding hydrogens is 440 g/mol. The summed E-state index contributed by atoms with van der Waals surface area (Å²) in [6.07, 6.45) is 9.11. The summed E-state index contributed by atoms with van der Waals surface area (Å²) in [4.78, 5) is 27.9. The predicted octanol–water partition coefficient (Wildman–Crippen LogP) is 4.63. The number of hydrogen-bond donors (Lipinski definition) is 1. The van der Waals surface area contributed by atoms with E-state index in [0.29, 0.717) is 38.1 Å². The lowest BCUT2D eigenvalue weighted by molar-refractivity contribution is -0.134. The molecule has 2 aromatic rings. The minimum Gasteiger partial charge on any atom is -0.496 e. The summed E-state index contributed by atoms with van der Waals surface area (Å²) in [6.45, 7) is 2.36. The Kier molecular flexibility index (Phi) is 7.28. The van der Waals surface area contributed by atoms with Crippen molar-refractivity contribution in [3.05, 3.63) is 42.0 Å². The molecule has 188 valence electrons. The quantitative estimate of drug-likeness (QED) is 0.541. The van der Waals surface area contributed by atoms with E-state index in [0.717, 1.165) is 48.9 Å². The molecular formula is C29H38N2O4. The molecule has 2 heterocycles. The summed E-state index contributed by atoms with van der Waals surface area (Å²) < 4.78 is 11.4. The lowest BCUT2D eigenvalue weighted by Crippen LogP contribution is -2.46. The summed E-state index contributed by atoms with van der Waals surface area (Å²) in [5, 5.41) is 5.49. The van der Waals surface area contributed by atoms with Crippen molar-refractivity contribution in [1.29, 1.82) is 0 Å². The van der Waals surface area contributed by atoms with E-state index in [1.807, 2.05) is 18.2 Å². The highest BCUT2D eigenvalue weighted by atomic mass is 16.5. The molecule has 3 aliphatic rings. The molecule has 2 amide bonds. The maximum absolute atomic E-state index is 13.5. The third-order valence-corrected chi connectivity index (χ3v) is 8.28. The van der Waals surface area contributed by atoms with Gasteiger partial charge in [-0.15, -0.1) is 0 Å². The maximum Gasteiger partial charge on any atom is 0.222 e. The molecule has 35 heavy (non-hydrogen) atoms.